The number of benzene rings is 1. The largest absolute Gasteiger partial charge is 0.391 e. The molecule has 132 valence electrons. The fourth-order valence-corrected chi connectivity index (χ4v) is 4.07. The highest BCUT2D eigenvalue weighted by Gasteiger charge is 2.33. The van der Waals surface area contributed by atoms with Gasteiger partial charge in [0.05, 0.1) is 6.10 Å². The summed E-state index contributed by atoms with van der Waals surface area (Å²) in [6.07, 6.45) is 6.90. The summed E-state index contributed by atoms with van der Waals surface area (Å²) < 4.78 is 2.03. The van der Waals surface area contributed by atoms with E-state index < -0.39 is 0 Å². The van der Waals surface area contributed by atoms with E-state index in [9.17, 15) is 9.90 Å². The molecular formula is C20H25N3O2. The molecule has 4 rings (SSSR count). The molecule has 1 saturated heterocycles. The van der Waals surface area contributed by atoms with Crippen LogP contribution in [-0.4, -0.2) is 63.7 Å². The predicted molar refractivity (Wildman–Crippen MR) is 96.9 cm³/mol. The van der Waals surface area contributed by atoms with Gasteiger partial charge in [-0.25, -0.2) is 0 Å². The highest BCUT2D eigenvalue weighted by atomic mass is 16.3. The van der Waals surface area contributed by atoms with E-state index in [-0.39, 0.29) is 18.1 Å². The molecule has 2 atom stereocenters. The van der Waals surface area contributed by atoms with Crippen LogP contribution in [0.1, 0.15) is 29.6 Å². The lowest BCUT2D eigenvalue weighted by molar-refractivity contribution is 0.0315. The molecule has 1 N–H and O–H groups in total. The summed E-state index contributed by atoms with van der Waals surface area (Å²) in [4.78, 5) is 17.0. The fraction of sp³-hybridized carbons (Fsp3) is 0.450. The van der Waals surface area contributed by atoms with E-state index in [1.54, 1.807) is 0 Å². The molecule has 1 aromatic carbocycles. The monoisotopic (exact) mass is 339 g/mol. The first-order valence-electron chi connectivity index (χ1n) is 9.17. The van der Waals surface area contributed by atoms with Gasteiger partial charge in [0.25, 0.3) is 5.91 Å². The van der Waals surface area contributed by atoms with Crippen molar-refractivity contribution in [3.63, 3.8) is 0 Å². The summed E-state index contributed by atoms with van der Waals surface area (Å²) >= 11 is 0. The molecule has 1 aliphatic carbocycles. The zero-order valence-electron chi connectivity index (χ0n) is 14.4. The van der Waals surface area contributed by atoms with Crippen molar-refractivity contribution in [1.29, 1.82) is 0 Å². The average molecular weight is 339 g/mol. The van der Waals surface area contributed by atoms with Gasteiger partial charge in [0.2, 0.25) is 0 Å². The van der Waals surface area contributed by atoms with Crippen molar-refractivity contribution in [2.24, 2.45) is 0 Å². The van der Waals surface area contributed by atoms with E-state index in [1.165, 1.54) is 0 Å². The summed E-state index contributed by atoms with van der Waals surface area (Å²) in [5.74, 6) is 0.102. The standard InChI is InChI=1S/C20H25N3O2/c24-19-5-3-4-18(19)22-12-14-23(15-13-22)20(25)16-6-8-17(9-7-16)21-10-1-2-11-21/h1-2,6-11,18-19,24H,3-5,12-15H2. The van der Waals surface area contributed by atoms with Gasteiger partial charge in [-0.05, 0) is 55.7 Å². The molecule has 5 nitrogen and oxygen atoms in total. The van der Waals surface area contributed by atoms with E-state index >= 15 is 0 Å². The van der Waals surface area contributed by atoms with Gasteiger partial charge in [0.1, 0.15) is 0 Å². The maximum absolute atomic E-state index is 12.7. The zero-order valence-corrected chi connectivity index (χ0v) is 14.4. The lowest BCUT2D eigenvalue weighted by Gasteiger charge is -2.39. The van der Waals surface area contributed by atoms with Crippen LogP contribution in [0.3, 0.4) is 0 Å². The van der Waals surface area contributed by atoms with Gasteiger partial charge < -0.3 is 14.6 Å². The number of rotatable bonds is 3. The minimum Gasteiger partial charge on any atom is -0.391 e. The number of amides is 1. The van der Waals surface area contributed by atoms with Gasteiger partial charge in [-0.1, -0.05) is 0 Å². The van der Waals surface area contributed by atoms with Crippen LogP contribution >= 0.6 is 0 Å². The molecule has 0 spiro atoms. The van der Waals surface area contributed by atoms with E-state index in [2.05, 4.69) is 4.90 Å². The highest BCUT2D eigenvalue weighted by molar-refractivity contribution is 5.94. The topological polar surface area (TPSA) is 48.7 Å². The number of hydrogen-bond donors (Lipinski definition) is 1. The third-order valence-corrected chi connectivity index (χ3v) is 5.53. The van der Waals surface area contributed by atoms with Crippen molar-refractivity contribution >= 4 is 5.91 Å². The Balaban J connectivity index is 1.37. The number of nitrogens with zero attached hydrogens (tertiary/aromatic N) is 3. The second-order valence-electron chi connectivity index (χ2n) is 7.03. The van der Waals surface area contributed by atoms with Crippen LogP contribution < -0.4 is 0 Å². The van der Waals surface area contributed by atoms with Crippen LogP contribution in [0.15, 0.2) is 48.8 Å². The summed E-state index contributed by atoms with van der Waals surface area (Å²) in [6.45, 7) is 3.19. The number of piperazine rings is 1. The Kier molecular flexibility index (Phi) is 4.59. The normalized spacial score (nSPS) is 24.6. The van der Waals surface area contributed by atoms with Crippen LogP contribution in [0, 0.1) is 0 Å². The van der Waals surface area contributed by atoms with Crippen LogP contribution in [-0.2, 0) is 0 Å². The Labute approximate surface area is 148 Å². The Morgan fingerprint density at radius 1 is 0.960 bits per heavy atom. The molecule has 1 amide bonds. The molecule has 2 heterocycles. The maximum Gasteiger partial charge on any atom is 0.253 e. The summed E-state index contributed by atoms with van der Waals surface area (Å²) in [6, 6.07) is 12.0. The molecule has 1 aromatic heterocycles. The molecule has 1 aliphatic heterocycles. The number of carbonyl (C=O) groups is 1. The van der Waals surface area contributed by atoms with Crippen LogP contribution in [0.2, 0.25) is 0 Å². The zero-order chi connectivity index (χ0) is 17.2. The smallest absolute Gasteiger partial charge is 0.253 e. The van der Waals surface area contributed by atoms with Gasteiger partial charge in [-0.15, -0.1) is 0 Å². The maximum atomic E-state index is 12.7. The number of aromatic nitrogens is 1. The van der Waals surface area contributed by atoms with Gasteiger partial charge in [0.15, 0.2) is 0 Å². The Hall–Kier alpha value is -2.11. The summed E-state index contributed by atoms with van der Waals surface area (Å²) in [5.41, 5.74) is 1.80. The van der Waals surface area contributed by atoms with Crippen molar-refractivity contribution in [2.45, 2.75) is 31.4 Å². The lowest BCUT2D eigenvalue weighted by Crippen LogP contribution is -2.53. The lowest BCUT2D eigenvalue weighted by atomic mass is 10.1. The molecule has 25 heavy (non-hydrogen) atoms. The first kappa shape index (κ1) is 16.4. The van der Waals surface area contributed by atoms with E-state index in [4.69, 9.17) is 0 Å². The van der Waals surface area contributed by atoms with Crippen molar-refractivity contribution in [3.05, 3.63) is 54.4 Å². The van der Waals surface area contributed by atoms with Crippen molar-refractivity contribution in [1.82, 2.24) is 14.4 Å². The minimum absolute atomic E-state index is 0.102. The van der Waals surface area contributed by atoms with Gasteiger partial charge >= 0.3 is 0 Å². The molecular weight excluding hydrogens is 314 g/mol. The molecule has 2 aromatic rings. The number of aliphatic hydroxyl groups excluding tert-OH is 1. The van der Waals surface area contributed by atoms with Crippen molar-refractivity contribution < 1.29 is 9.90 Å². The first-order chi connectivity index (χ1) is 12.2. The Bertz CT molecular complexity index is 703. The summed E-state index contributed by atoms with van der Waals surface area (Å²) in [5, 5.41) is 10.1. The molecule has 5 heteroatoms. The summed E-state index contributed by atoms with van der Waals surface area (Å²) in [7, 11) is 0. The molecule has 2 unspecified atom stereocenters. The second-order valence-corrected chi connectivity index (χ2v) is 7.03. The molecule has 0 radical (unpaired) electrons. The molecule has 2 aliphatic rings. The number of carbonyl (C=O) groups excluding carboxylic acids is 1. The third-order valence-electron chi connectivity index (χ3n) is 5.53. The van der Waals surface area contributed by atoms with Gasteiger partial charge in [-0.2, -0.15) is 0 Å². The SMILES string of the molecule is O=C(c1ccc(-n2cccc2)cc1)N1CCN(C2CCCC2O)CC1. The van der Waals surface area contributed by atoms with Crippen LogP contribution in [0.25, 0.3) is 5.69 Å². The second kappa shape index (κ2) is 7.02. The quantitative estimate of drug-likeness (QED) is 0.932. The van der Waals surface area contributed by atoms with Crippen LogP contribution in [0.4, 0.5) is 0 Å². The van der Waals surface area contributed by atoms with Gasteiger partial charge in [0, 0.05) is 55.9 Å². The predicted octanol–water partition coefficient (Wildman–Crippen LogP) is 2.15. The Morgan fingerprint density at radius 2 is 1.64 bits per heavy atom. The molecule has 1 saturated carbocycles. The Morgan fingerprint density at radius 3 is 2.24 bits per heavy atom. The molecule has 0 bridgehead atoms. The highest BCUT2D eigenvalue weighted by Crippen LogP contribution is 2.25. The van der Waals surface area contributed by atoms with E-state index in [0.717, 1.165) is 56.7 Å². The van der Waals surface area contributed by atoms with Gasteiger partial charge in [-0.3, -0.25) is 9.69 Å². The van der Waals surface area contributed by atoms with Crippen molar-refractivity contribution in [2.75, 3.05) is 26.2 Å². The van der Waals surface area contributed by atoms with E-state index in [0.29, 0.717) is 0 Å². The van der Waals surface area contributed by atoms with Crippen molar-refractivity contribution in [3.8, 4) is 5.69 Å². The molecule has 2 fully saturated rings. The fourth-order valence-electron chi connectivity index (χ4n) is 4.07. The van der Waals surface area contributed by atoms with E-state index in [1.807, 2.05) is 58.3 Å². The average Bonchev–Trinajstić information content (AvgIpc) is 3.33. The van der Waals surface area contributed by atoms with Crippen LogP contribution in [0.5, 0.6) is 0 Å². The number of aliphatic hydroxyl groups is 1. The third kappa shape index (κ3) is 3.34. The minimum atomic E-state index is -0.191. The first-order valence-corrected chi connectivity index (χ1v) is 9.17. The number of hydrogen-bond acceptors (Lipinski definition) is 3.